The van der Waals surface area contributed by atoms with Crippen LogP contribution >= 0.6 is 0 Å². The zero-order valence-corrected chi connectivity index (χ0v) is 17.6. The summed E-state index contributed by atoms with van der Waals surface area (Å²) in [5.74, 6) is 0.196. The standard InChI is InChI=1S/C20H27N3O4S/c1-14-18(20(24)23-12-8-5-9-13-23)19(15(2)22(14)3)28(25,26)21-16-10-6-7-11-17(16)27-4/h6-7,10-11,21H,5,8-9,12-13H2,1-4H3. The van der Waals surface area contributed by atoms with Crippen LogP contribution in [0.4, 0.5) is 5.69 Å². The Balaban J connectivity index is 2.07. The lowest BCUT2D eigenvalue weighted by molar-refractivity contribution is 0.0720. The van der Waals surface area contributed by atoms with E-state index in [-0.39, 0.29) is 16.4 Å². The van der Waals surface area contributed by atoms with E-state index in [1.54, 1.807) is 54.6 Å². The number of carbonyl (C=O) groups excluding carboxylic acids is 1. The maximum atomic E-state index is 13.3. The number of anilines is 1. The molecule has 28 heavy (non-hydrogen) atoms. The number of nitrogens with one attached hydrogen (secondary N) is 1. The summed E-state index contributed by atoms with van der Waals surface area (Å²) in [5.41, 5.74) is 1.76. The second kappa shape index (κ2) is 7.87. The van der Waals surface area contributed by atoms with Gasteiger partial charge < -0.3 is 14.2 Å². The number of carbonyl (C=O) groups is 1. The first-order valence-corrected chi connectivity index (χ1v) is 10.9. The van der Waals surface area contributed by atoms with Crippen molar-refractivity contribution in [3.63, 3.8) is 0 Å². The van der Waals surface area contributed by atoms with Gasteiger partial charge in [0, 0.05) is 31.5 Å². The maximum Gasteiger partial charge on any atom is 0.264 e. The summed E-state index contributed by atoms with van der Waals surface area (Å²) >= 11 is 0. The van der Waals surface area contributed by atoms with E-state index in [0.717, 1.165) is 19.3 Å². The van der Waals surface area contributed by atoms with Crippen LogP contribution in [0.15, 0.2) is 29.2 Å². The van der Waals surface area contributed by atoms with Gasteiger partial charge in [-0.2, -0.15) is 0 Å². The molecule has 152 valence electrons. The molecule has 0 unspecified atom stereocenters. The molecule has 1 aromatic heterocycles. The number of hydrogen-bond donors (Lipinski definition) is 1. The molecule has 1 aromatic carbocycles. The van der Waals surface area contributed by atoms with Crippen molar-refractivity contribution < 1.29 is 17.9 Å². The van der Waals surface area contributed by atoms with Crippen LogP contribution in [-0.4, -0.2) is 44.0 Å². The minimum Gasteiger partial charge on any atom is -0.495 e. The Morgan fingerprint density at radius 2 is 1.71 bits per heavy atom. The fourth-order valence-corrected chi connectivity index (χ4v) is 5.27. The average Bonchev–Trinajstić information content (AvgIpc) is 2.93. The average molecular weight is 406 g/mol. The molecule has 0 bridgehead atoms. The molecule has 8 heteroatoms. The summed E-state index contributed by atoms with van der Waals surface area (Å²) in [6.45, 7) is 4.82. The first-order valence-electron chi connectivity index (χ1n) is 9.39. The SMILES string of the molecule is COc1ccccc1NS(=O)(=O)c1c(C(=O)N2CCCCC2)c(C)n(C)c1C. The van der Waals surface area contributed by atoms with E-state index in [0.29, 0.717) is 35.9 Å². The molecular weight excluding hydrogens is 378 g/mol. The zero-order chi connectivity index (χ0) is 20.5. The molecule has 0 radical (unpaired) electrons. The van der Waals surface area contributed by atoms with Crippen molar-refractivity contribution in [3.8, 4) is 5.75 Å². The Bertz CT molecular complexity index is 989. The molecule has 1 fully saturated rings. The summed E-state index contributed by atoms with van der Waals surface area (Å²) in [6, 6.07) is 6.80. The number of likely N-dealkylation sites (tertiary alicyclic amines) is 1. The number of nitrogens with zero attached hydrogens (tertiary/aromatic N) is 2. The normalized spacial score (nSPS) is 14.8. The lowest BCUT2D eigenvalue weighted by Crippen LogP contribution is -2.36. The largest absolute Gasteiger partial charge is 0.495 e. The van der Waals surface area contributed by atoms with E-state index >= 15 is 0 Å². The topological polar surface area (TPSA) is 80.6 Å². The second-order valence-electron chi connectivity index (χ2n) is 7.09. The molecule has 0 atom stereocenters. The van der Waals surface area contributed by atoms with Crippen molar-refractivity contribution >= 4 is 21.6 Å². The molecule has 7 nitrogen and oxygen atoms in total. The van der Waals surface area contributed by atoms with Gasteiger partial charge in [-0.1, -0.05) is 12.1 Å². The summed E-state index contributed by atoms with van der Waals surface area (Å²) in [6.07, 6.45) is 2.98. The van der Waals surface area contributed by atoms with Crippen LogP contribution in [0.5, 0.6) is 5.75 Å². The summed E-state index contributed by atoms with van der Waals surface area (Å²) < 4.78 is 36.2. The van der Waals surface area contributed by atoms with E-state index in [4.69, 9.17) is 4.74 Å². The van der Waals surface area contributed by atoms with Gasteiger partial charge in [0.25, 0.3) is 15.9 Å². The van der Waals surface area contributed by atoms with Crippen LogP contribution in [0.1, 0.15) is 41.0 Å². The Morgan fingerprint density at radius 1 is 1.07 bits per heavy atom. The first kappa shape index (κ1) is 20.3. The molecule has 0 aliphatic carbocycles. The molecule has 3 rings (SSSR count). The molecule has 1 saturated heterocycles. The lowest BCUT2D eigenvalue weighted by atomic mass is 10.1. The van der Waals surface area contributed by atoms with Crippen LogP contribution in [0.2, 0.25) is 0 Å². The maximum absolute atomic E-state index is 13.3. The van der Waals surface area contributed by atoms with Gasteiger partial charge in [0.15, 0.2) is 0 Å². The number of rotatable bonds is 5. The smallest absolute Gasteiger partial charge is 0.264 e. The van der Waals surface area contributed by atoms with Gasteiger partial charge in [0.05, 0.1) is 18.4 Å². The highest BCUT2D eigenvalue weighted by atomic mass is 32.2. The van der Waals surface area contributed by atoms with E-state index in [2.05, 4.69) is 4.72 Å². The highest BCUT2D eigenvalue weighted by molar-refractivity contribution is 7.92. The van der Waals surface area contributed by atoms with Gasteiger partial charge in [-0.15, -0.1) is 0 Å². The molecule has 1 amide bonds. The third-order valence-corrected chi connectivity index (χ3v) is 6.93. The van der Waals surface area contributed by atoms with Gasteiger partial charge in [-0.3, -0.25) is 9.52 Å². The fraction of sp³-hybridized carbons (Fsp3) is 0.450. The minimum absolute atomic E-state index is 0.0361. The predicted molar refractivity (Wildman–Crippen MR) is 108 cm³/mol. The van der Waals surface area contributed by atoms with Gasteiger partial charge in [-0.05, 0) is 45.2 Å². The number of methoxy groups -OCH3 is 1. The molecule has 2 heterocycles. The van der Waals surface area contributed by atoms with Gasteiger partial charge in [0.1, 0.15) is 10.6 Å². The number of para-hydroxylation sites is 2. The van der Waals surface area contributed by atoms with Crippen molar-refractivity contribution in [1.29, 1.82) is 0 Å². The molecular formula is C20H27N3O4S. The molecule has 1 aliphatic rings. The zero-order valence-electron chi connectivity index (χ0n) is 16.8. The van der Waals surface area contributed by atoms with E-state index in [9.17, 15) is 13.2 Å². The molecule has 1 aliphatic heterocycles. The Labute approximate surface area is 166 Å². The number of piperidine rings is 1. The van der Waals surface area contributed by atoms with Crippen LogP contribution in [-0.2, 0) is 17.1 Å². The first-order chi connectivity index (χ1) is 13.3. The minimum atomic E-state index is -3.99. The second-order valence-corrected chi connectivity index (χ2v) is 8.71. The lowest BCUT2D eigenvalue weighted by Gasteiger charge is -2.27. The Morgan fingerprint density at radius 3 is 2.36 bits per heavy atom. The quantitative estimate of drug-likeness (QED) is 0.829. The number of hydrogen-bond acceptors (Lipinski definition) is 4. The number of sulfonamides is 1. The summed E-state index contributed by atoms with van der Waals surface area (Å²) in [7, 11) is -0.731. The highest BCUT2D eigenvalue weighted by Gasteiger charge is 2.33. The van der Waals surface area contributed by atoms with E-state index in [1.807, 2.05) is 0 Å². The van der Waals surface area contributed by atoms with E-state index in [1.165, 1.54) is 7.11 Å². The van der Waals surface area contributed by atoms with Crippen LogP contribution < -0.4 is 9.46 Å². The Kier molecular flexibility index (Phi) is 5.69. The van der Waals surface area contributed by atoms with Crippen molar-refractivity contribution in [2.75, 3.05) is 24.9 Å². The van der Waals surface area contributed by atoms with Crippen molar-refractivity contribution in [2.45, 2.75) is 38.0 Å². The van der Waals surface area contributed by atoms with E-state index < -0.39 is 10.0 Å². The van der Waals surface area contributed by atoms with Gasteiger partial charge in [0.2, 0.25) is 0 Å². The van der Waals surface area contributed by atoms with Crippen LogP contribution in [0.3, 0.4) is 0 Å². The van der Waals surface area contributed by atoms with Crippen molar-refractivity contribution in [1.82, 2.24) is 9.47 Å². The molecule has 1 N–H and O–H groups in total. The summed E-state index contributed by atoms with van der Waals surface area (Å²) in [4.78, 5) is 15.0. The molecule has 2 aromatic rings. The number of ether oxygens (including phenoxy) is 1. The van der Waals surface area contributed by atoms with Crippen molar-refractivity contribution in [2.24, 2.45) is 7.05 Å². The third-order valence-electron chi connectivity index (χ3n) is 5.40. The number of aromatic nitrogens is 1. The van der Waals surface area contributed by atoms with Crippen LogP contribution in [0, 0.1) is 13.8 Å². The van der Waals surface area contributed by atoms with Gasteiger partial charge in [-0.25, -0.2) is 8.42 Å². The van der Waals surface area contributed by atoms with Crippen LogP contribution in [0.25, 0.3) is 0 Å². The molecule has 0 spiro atoms. The highest BCUT2D eigenvalue weighted by Crippen LogP contribution is 2.32. The monoisotopic (exact) mass is 405 g/mol. The predicted octanol–water partition coefficient (Wildman–Crippen LogP) is 3.08. The third kappa shape index (κ3) is 3.61. The summed E-state index contributed by atoms with van der Waals surface area (Å²) in [5, 5.41) is 0. The number of amides is 1. The number of benzene rings is 1. The van der Waals surface area contributed by atoms with Crippen molar-refractivity contribution in [3.05, 3.63) is 41.2 Å². The van der Waals surface area contributed by atoms with Gasteiger partial charge >= 0.3 is 0 Å². The Hall–Kier alpha value is -2.48. The fourth-order valence-electron chi connectivity index (χ4n) is 3.68. The molecule has 0 saturated carbocycles.